The number of hydrogen-bond donors (Lipinski definition) is 0. The zero-order valence-electron chi connectivity index (χ0n) is 7.99. The third-order valence-electron chi connectivity index (χ3n) is 2.86. The van der Waals surface area contributed by atoms with E-state index < -0.39 is 0 Å². The lowest BCUT2D eigenvalue weighted by atomic mass is 9.99. The van der Waals surface area contributed by atoms with Gasteiger partial charge in [0.05, 0.1) is 0 Å². The molecular formula is C13H8O2. The van der Waals surface area contributed by atoms with Gasteiger partial charge in [-0.15, -0.1) is 0 Å². The molecule has 2 aliphatic carbocycles. The molecule has 0 N–H and O–H groups in total. The van der Waals surface area contributed by atoms with E-state index in [0.717, 1.165) is 16.0 Å². The Kier molecular flexibility index (Phi) is 1.54. The van der Waals surface area contributed by atoms with Gasteiger partial charge in [-0.1, -0.05) is 24.3 Å². The highest BCUT2D eigenvalue weighted by molar-refractivity contribution is 6.09. The Morgan fingerprint density at radius 2 is 1.80 bits per heavy atom. The number of benzene rings is 1. The molecule has 2 heteroatoms. The van der Waals surface area contributed by atoms with Crippen LogP contribution in [0.15, 0.2) is 24.3 Å². The maximum Gasteiger partial charge on any atom is 0.186 e. The van der Waals surface area contributed by atoms with E-state index in [1.807, 2.05) is 12.2 Å². The Morgan fingerprint density at radius 1 is 1.00 bits per heavy atom. The quantitative estimate of drug-likeness (QED) is 0.608. The highest BCUT2D eigenvalue weighted by atomic mass is 16.1. The third-order valence-corrected chi connectivity index (χ3v) is 2.86. The zero-order chi connectivity index (χ0) is 10.4. The predicted molar refractivity (Wildman–Crippen MR) is 57.0 cm³/mol. The summed E-state index contributed by atoms with van der Waals surface area (Å²) >= 11 is 0. The fourth-order valence-electron chi connectivity index (χ4n) is 2.12. The molecule has 0 aliphatic heterocycles. The number of carbonyl (C=O) groups excluding carboxylic acids is 2. The Labute approximate surface area is 86.2 Å². The first kappa shape index (κ1) is 8.36. The molecule has 0 radical (unpaired) electrons. The number of rotatable bonds is 0. The molecule has 0 saturated carbocycles. The Bertz CT molecular complexity index is 633. The molecule has 0 unspecified atom stereocenters. The number of carbonyl (C=O) groups is 2. The fourth-order valence-corrected chi connectivity index (χ4v) is 2.12. The largest absolute Gasteiger partial charge is 0.294 e. The summed E-state index contributed by atoms with van der Waals surface area (Å²) in [6, 6.07) is 3.50. The van der Waals surface area contributed by atoms with Crippen molar-refractivity contribution in [2.45, 2.75) is 6.42 Å². The Balaban J connectivity index is 2.50. The van der Waals surface area contributed by atoms with Crippen LogP contribution in [0.5, 0.6) is 0 Å². The molecule has 2 aliphatic rings. The highest BCUT2D eigenvalue weighted by Crippen LogP contribution is 2.07. The van der Waals surface area contributed by atoms with E-state index in [1.165, 1.54) is 0 Å². The maximum absolute atomic E-state index is 11.6. The third kappa shape index (κ3) is 1.05. The molecule has 0 fully saturated rings. The molecule has 0 atom stereocenters. The van der Waals surface area contributed by atoms with Crippen LogP contribution in [0.1, 0.15) is 27.1 Å². The van der Waals surface area contributed by atoms with Gasteiger partial charge in [-0.25, -0.2) is 0 Å². The lowest BCUT2D eigenvalue weighted by Gasteiger charge is -2.03. The number of fused-ring (bicyclic) bond motifs is 3. The van der Waals surface area contributed by atoms with Crippen LogP contribution in [0.2, 0.25) is 0 Å². The SMILES string of the molecule is O=C1C=CC=c2c1ccc1c2=CCC1=O. The van der Waals surface area contributed by atoms with E-state index in [-0.39, 0.29) is 11.6 Å². The topological polar surface area (TPSA) is 34.1 Å². The smallest absolute Gasteiger partial charge is 0.186 e. The van der Waals surface area contributed by atoms with Gasteiger partial charge >= 0.3 is 0 Å². The van der Waals surface area contributed by atoms with Crippen LogP contribution in [0.4, 0.5) is 0 Å². The van der Waals surface area contributed by atoms with Gasteiger partial charge in [0.2, 0.25) is 0 Å². The van der Waals surface area contributed by atoms with Gasteiger partial charge in [-0.05, 0) is 22.6 Å². The van der Waals surface area contributed by atoms with Gasteiger partial charge in [0.15, 0.2) is 11.6 Å². The van der Waals surface area contributed by atoms with Crippen molar-refractivity contribution in [3.63, 3.8) is 0 Å². The van der Waals surface area contributed by atoms with E-state index in [1.54, 1.807) is 24.3 Å². The van der Waals surface area contributed by atoms with Gasteiger partial charge in [-0.3, -0.25) is 9.59 Å². The minimum Gasteiger partial charge on any atom is -0.294 e. The molecule has 15 heavy (non-hydrogen) atoms. The van der Waals surface area contributed by atoms with Crippen molar-refractivity contribution in [1.29, 1.82) is 0 Å². The summed E-state index contributed by atoms with van der Waals surface area (Å²) in [5.41, 5.74) is 1.44. The lowest BCUT2D eigenvalue weighted by Crippen LogP contribution is -2.33. The van der Waals surface area contributed by atoms with Crippen LogP contribution in [0, 0.1) is 0 Å². The van der Waals surface area contributed by atoms with Crippen molar-refractivity contribution in [3.8, 4) is 0 Å². The summed E-state index contributed by atoms with van der Waals surface area (Å²) in [7, 11) is 0. The number of allylic oxidation sites excluding steroid dienone is 2. The van der Waals surface area contributed by atoms with Crippen LogP contribution >= 0.6 is 0 Å². The van der Waals surface area contributed by atoms with Crippen molar-refractivity contribution < 1.29 is 9.59 Å². The number of hydrogen-bond acceptors (Lipinski definition) is 2. The standard InChI is InChI=1S/C13H8O2/c14-12-3-1-2-8-9-6-7-13(15)11(9)5-4-10(8)12/h1-6H,7H2. The van der Waals surface area contributed by atoms with E-state index in [0.29, 0.717) is 12.0 Å². The molecule has 1 aromatic rings. The summed E-state index contributed by atoms with van der Waals surface area (Å²) < 4.78 is 0. The summed E-state index contributed by atoms with van der Waals surface area (Å²) in [5, 5.41) is 1.82. The first-order chi connectivity index (χ1) is 7.27. The van der Waals surface area contributed by atoms with Crippen molar-refractivity contribution in [2.75, 3.05) is 0 Å². The van der Waals surface area contributed by atoms with Crippen LogP contribution in [-0.2, 0) is 0 Å². The van der Waals surface area contributed by atoms with Crippen molar-refractivity contribution >= 4 is 23.7 Å². The normalized spacial score (nSPS) is 16.8. The monoisotopic (exact) mass is 196 g/mol. The van der Waals surface area contributed by atoms with E-state index in [9.17, 15) is 9.59 Å². The molecule has 0 aromatic heterocycles. The first-order valence-corrected chi connectivity index (χ1v) is 4.86. The zero-order valence-corrected chi connectivity index (χ0v) is 7.99. The van der Waals surface area contributed by atoms with E-state index >= 15 is 0 Å². The number of Topliss-reactive ketones (excluding diaryl/α,β-unsaturated/α-hetero) is 1. The minimum atomic E-state index is 0.0167. The van der Waals surface area contributed by atoms with Crippen LogP contribution in [-0.4, -0.2) is 11.6 Å². The second-order valence-corrected chi connectivity index (χ2v) is 3.71. The second-order valence-electron chi connectivity index (χ2n) is 3.71. The lowest BCUT2D eigenvalue weighted by molar-refractivity contribution is 0.1000. The Morgan fingerprint density at radius 3 is 2.67 bits per heavy atom. The molecule has 0 heterocycles. The van der Waals surface area contributed by atoms with Crippen molar-refractivity contribution in [1.82, 2.24) is 0 Å². The molecule has 72 valence electrons. The summed E-state index contributed by atoms with van der Waals surface area (Å²) in [6.45, 7) is 0. The maximum atomic E-state index is 11.6. The summed E-state index contributed by atoms with van der Waals surface area (Å²) in [6.07, 6.45) is 7.54. The predicted octanol–water partition coefficient (Wildman–Crippen LogP) is 0.587. The van der Waals surface area contributed by atoms with Crippen LogP contribution < -0.4 is 10.4 Å². The molecule has 2 nitrogen and oxygen atoms in total. The molecular weight excluding hydrogens is 188 g/mol. The molecule has 0 amide bonds. The van der Waals surface area contributed by atoms with Crippen LogP contribution in [0.25, 0.3) is 12.2 Å². The van der Waals surface area contributed by atoms with E-state index in [4.69, 9.17) is 0 Å². The summed E-state index contributed by atoms with van der Waals surface area (Å²) in [5.74, 6) is 0.159. The van der Waals surface area contributed by atoms with E-state index in [2.05, 4.69) is 0 Å². The van der Waals surface area contributed by atoms with Gasteiger partial charge < -0.3 is 0 Å². The van der Waals surface area contributed by atoms with Crippen molar-refractivity contribution in [2.24, 2.45) is 0 Å². The average molecular weight is 196 g/mol. The van der Waals surface area contributed by atoms with Crippen molar-refractivity contribution in [3.05, 3.63) is 45.8 Å². The second kappa shape index (κ2) is 2.76. The van der Waals surface area contributed by atoms with Gasteiger partial charge in [0.1, 0.15) is 0 Å². The number of ketones is 2. The van der Waals surface area contributed by atoms with Gasteiger partial charge in [-0.2, -0.15) is 0 Å². The Hall–Kier alpha value is -1.96. The first-order valence-electron chi connectivity index (χ1n) is 4.86. The van der Waals surface area contributed by atoms with Crippen LogP contribution in [0.3, 0.4) is 0 Å². The molecule has 0 saturated heterocycles. The fraction of sp³-hybridized carbons (Fsp3) is 0.0769. The molecule has 3 rings (SSSR count). The minimum absolute atomic E-state index is 0.0167. The van der Waals surface area contributed by atoms with Gasteiger partial charge in [0.25, 0.3) is 0 Å². The molecule has 1 aromatic carbocycles. The molecule has 0 spiro atoms. The molecule has 0 bridgehead atoms. The van der Waals surface area contributed by atoms with Gasteiger partial charge in [0, 0.05) is 17.5 Å². The summed E-state index contributed by atoms with van der Waals surface area (Å²) in [4.78, 5) is 23.0. The average Bonchev–Trinajstić information content (AvgIpc) is 2.61. The highest BCUT2D eigenvalue weighted by Gasteiger charge is 2.17.